The van der Waals surface area contributed by atoms with Gasteiger partial charge in [-0.1, -0.05) is 17.9 Å². The quantitative estimate of drug-likeness (QED) is 0.462. The average molecular weight is 222 g/mol. The molecule has 0 atom stereocenters. The third-order valence-corrected chi connectivity index (χ3v) is 2.06. The normalized spacial score (nSPS) is 9.27. The Morgan fingerprint density at radius 2 is 2.27 bits per heavy atom. The summed E-state index contributed by atoms with van der Waals surface area (Å²) >= 11 is 4.00. The molecular formula is C12H11FOS. The topological polar surface area (TPSA) is 17.1 Å². The van der Waals surface area contributed by atoms with Crippen LogP contribution in [0.1, 0.15) is 29.3 Å². The molecule has 0 radical (unpaired) electrons. The van der Waals surface area contributed by atoms with Gasteiger partial charge in [0.25, 0.3) is 0 Å². The lowest BCUT2D eigenvalue weighted by atomic mass is 10.1. The molecule has 3 heteroatoms. The van der Waals surface area contributed by atoms with Crippen LogP contribution in [0.25, 0.3) is 0 Å². The zero-order valence-electron chi connectivity index (χ0n) is 8.38. The number of carbonyl (C=O) groups excluding carboxylic acids is 1. The predicted molar refractivity (Wildman–Crippen MR) is 61.8 cm³/mol. The Morgan fingerprint density at radius 1 is 1.53 bits per heavy atom. The third kappa shape index (κ3) is 3.10. The number of halogens is 1. The fraction of sp³-hybridized carbons (Fsp3) is 0.250. The van der Waals surface area contributed by atoms with Gasteiger partial charge in [0.2, 0.25) is 0 Å². The van der Waals surface area contributed by atoms with Crippen molar-refractivity contribution in [2.75, 3.05) is 5.75 Å². The molecule has 0 aromatic heterocycles. The largest absolute Gasteiger partial charge is 0.294 e. The van der Waals surface area contributed by atoms with Crippen LogP contribution in [-0.2, 0) is 0 Å². The van der Waals surface area contributed by atoms with Crippen LogP contribution in [-0.4, -0.2) is 11.5 Å². The molecule has 0 spiro atoms. The van der Waals surface area contributed by atoms with Crippen molar-refractivity contribution in [2.24, 2.45) is 0 Å². The van der Waals surface area contributed by atoms with Gasteiger partial charge >= 0.3 is 0 Å². The number of benzene rings is 1. The third-order valence-electron chi connectivity index (χ3n) is 1.84. The van der Waals surface area contributed by atoms with Crippen molar-refractivity contribution in [3.63, 3.8) is 0 Å². The first-order valence-corrected chi connectivity index (χ1v) is 5.19. The van der Waals surface area contributed by atoms with E-state index in [2.05, 4.69) is 24.5 Å². The molecule has 1 rings (SSSR count). The van der Waals surface area contributed by atoms with E-state index >= 15 is 0 Å². The van der Waals surface area contributed by atoms with Crippen molar-refractivity contribution >= 4 is 18.4 Å². The molecule has 0 aliphatic carbocycles. The van der Waals surface area contributed by atoms with E-state index in [1.54, 1.807) is 12.1 Å². The maximum Gasteiger partial charge on any atom is 0.162 e. The molecule has 0 unspecified atom stereocenters. The van der Waals surface area contributed by atoms with Crippen LogP contribution in [0.3, 0.4) is 0 Å². The zero-order valence-corrected chi connectivity index (χ0v) is 9.27. The van der Waals surface area contributed by atoms with Crippen molar-refractivity contribution in [3.8, 4) is 11.8 Å². The summed E-state index contributed by atoms with van der Waals surface area (Å²) in [7, 11) is 0. The van der Waals surface area contributed by atoms with Crippen LogP contribution in [0.2, 0.25) is 0 Å². The smallest absolute Gasteiger partial charge is 0.162 e. The number of ketones is 1. The molecule has 0 aliphatic rings. The van der Waals surface area contributed by atoms with E-state index in [1.165, 1.54) is 13.0 Å². The summed E-state index contributed by atoms with van der Waals surface area (Å²) in [5, 5.41) is 0. The fourth-order valence-corrected chi connectivity index (χ4v) is 1.23. The Hall–Kier alpha value is -1.27. The molecule has 0 saturated heterocycles. The van der Waals surface area contributed by atoms with Crippen molar-refractivity contribution in [2.45, 2.75) is 13.3 Å². The molecule has 0 heterocycles. The van der Waals surface area contributed by atoms with E-state index in [0.717, 1.165) is 0 Å². The highest BCUT2D eigenvalue weighted by Crippen LogP contribution is 2.12. The molecule has 0 amide bonds. The lowest BCUT2D eigenvalue weighted by Crippen LogP contribution is -1.98. The van der Waals surface area contributed by atoms with Gasteiger partial charge in [0, 0.05) is 12.2 Å². The number of thiol groups is 1. The zero-order chi connectivity index (χ0) is 11.3. The van der Waals surface area contributed by atoms with E-state index in [4.69, 9.17) is 0 Å². The summed E-state index contributed by atoms with van der Waals surface area (Å²) in [6.07, 6.45) is 0.604. The van der Waals surface area contributed by atoms with Gasteiger partial charge in [-0.25, -0.2) is 4.39 Å². The maximum atomic E-state index is 13.6. The second-order valence-corrected chi connectivity index (χ2v) is 3.45. The minimum atomic E-state index is -0.531. The molecule has 1 nitrogen and oxygen atoms in total. The van der Waals surface area contributed by atoms with Gasteiger partial charge in [-0.15, -0.1) is 0 Å². The first-order chi connectivity index (χ1) is 7.16. The Balaban J connectivity index is 3.06. The summed E-state index contributed by atoms with van der Waals surface area (Å²) < 4.78 is 13.6. The average Bonchev–Trinajstić information content (AvgIpc) is 2.20. The second kappa shape index (κ2) is 5.57. The van der Waals surface area contributed by atoms with E-state index in [9.17, 15) is 9.18 Å². The highest BCUT2D eigenvalue weighted by atomic mass is 32.1. The van der Waals surface area contributed by atoms with Gasteiger partial charge in [0.05, 0.1) is 11.1 Å². The SMILES string of the molecule is CC(=O)c1cccc(C#CCCS)c1F. The molecule has 1 aromatic carbocycles. The monoisotopic (exact) mass is 222 g/mol. The lowest BCUT2D eigenvalue weighted by Gasteiger charge is -1.99. The van der Waals surface area contributed by atoms with Crippen LogP contribution in [0, 0.1) is 17.7 Å². The highest BCUT2D eigenvalue weighted by Gasteiger charge is 2.09. The Kier molecular flexibility index (Phi) is 4.38. The first-order valence-electron chi connectivity index (χ1n) is 4.56. The Labute approximate surface area is 94.1 Å². The summed E-state index contributed by atoms with van der Waals surface area (Å²) in [5.41, 5.74) is 0.358. The van der Waals surface area contributed by atoms with Gasteiger partial charge in [0.1, 0.15) is 5.82 Å². The molecule has 15 heavy (non-hydrogen) atoms. The Bertz CT molecular complexity index is 429. The van der Waals surface area contributed by atoms with Gasteiger partial charge in [-0.2, -0.15) is 12.6 Å². The lowest BCUT2D eigenvalue weighted by molar-refractivity contribution is 0.101. The number of rotatable bonds is 2. The summed E-state index contributed by atoms with van der Waals surface area (Å²) in [6, 6.07) is 4.65. The van der Waals surface area contributed by atoms with E-state index in [0.29, 0.717) is 12.2 Å². The fourth-order valence-electron chi connectivity index (χ4n) is 1.11. The first kappa shape index (κ1) is 11.8. The van der Waals surface area contributed by atoms with Crippen LogP contribution >= 0.6 is 12.6 Å². The number of Topliss-reactive ketones (excluding diaryl/α,β-unsaturated/α-hetero) is 1. The minimum Gasteiger partial charge on any atom is -0.294 e. The summed E-state index contributed by atoms with van der Waals surface area (Å²) in [5.74, 6) is 5.29. The molecule has 0 saturated carbocycles. The molecule has 0 N–H and O–H groups in total. The predicted octanol–water partition coefficient (Wildman–Crippen LogP) is 2.70. The van der Waals surface area contributed by atoms with Crippen LogP contribution in [0.15, 0.2) is 18.2 Å². The van der Waals surface area contributed by atoms with Crippen molar-refractivity contribution in [1.82, 2.24) is 0 Å². The highest BCUT2D eigenvalue weighted by molar-refractivity contribution is 7.80. The maximum absolute atomic E-state index is 13.6. The van der Waals surface area contributed by atoms with E-state index in [1.807, 2.05) is 0 Å². The van der Waals surface area contributed by atoms with Crippen molar-refractivity contribution in [1.29, 1.82) is 0 Å². The Morgan fingerprint density at radius 3 is 2.87 bits per heavy atom. The summed E-state index contributed by atoms with van der Waals surface area (Å²) in [6.45, 7) is 1.34. The van der Waals surface area contributed by atoms with E-state index < -0.39 is 5.82 Å². The molecular weight excluding hydrogens is 211 g/mol. The van der Waals surface area contributed by atoms with Gasteiger partial charge in [-0.05, 0) is 19.1 Å². The van der Waals surface area contributed by atoms with Gasteiger partial charge < -0.3 is 0 Å². The van der Waals surface area contributed by atoms with Gasteiger partial charge in [0.15, 0.2) is 5.78 Å². The van der Waals surface area contributed by atoms with E-state index in [-0.39, 0.29) is 16.9 Å². The number of hydrogen-bond donors (Lipinski definition) is 1. The number of carbonyl (C=O) groups is 1. The second-order valence-electron chi connectivity index (χ2n) is 3.00. The van der Waals surface area contributed by atoms with Crippen LogP contribution < -0.4 is 0 Å². The van der Waals surface area contributed by atoms with Crippen LogP contribution in [0.5, 0.6) is 0 Å². The number of hydrogen-bond acceptors (Lipinski definition) is 2. The molecule has 0 bridgehead atoms. The molecule has 1 aromatic rings. The standard InChI is InChI=1S/C12H11FOS/c1-9(14)11-7-4-6-10(12(11)13)5-2-3-8-15/h4,6-7,15H,3,8H2,1H3. The van der Waals surface area contributed by atoms with Crippen molar-refractivity contribution < 1.29 is 9.18 Å². The summed E-state index contributed by atoms with van der Waals surface area (Å²) in [4.78, 5) is 11.0. The van der Waals surface area contributed by atoms with Gasteiger partial charge in [-0.3, -0.25) is 4.79 Å². The van der Waals surface area contributed by atoms with Crippen molar-refractivity contribution in [3.05, 3.63) is 35.1 Å². The molecule has 0 aliphatic heterocycles. The molecule has 0 fully saturated rings. The van der Waals surface area contributed by atoms with Crippen LogP contribution in [0.4, 0.5) is 4.39 Å². The minimum absolute atomic E-state index is 0.0904. The molecule has 78 valence electrons.